The molecule has 0 fully saturated rings. The fourth-order valence-electron chi connectivity index (χ4n) is 2.75. The predicted octanol–water partition coefficient (Wildman–Crippen LogP) is 3.82. The van der Waals surface area contributed by atoms with Gasteiger partial charge in [-0.25, -0.2) is 23.2 Å². The number of carbonyl (C=O) groups excluding carboxylic acids is 1. The summed E-state index contributed by atoms with van der Waals surface area (Å²) in [4.78, 5) is 21.3. The number of anilines is 2. The molecule has 0 saturated heterocycles. The number of amides is 1. The highest BCUT2D eigenvalue weighted by Gasteiger charge is 2.19. The lowest BCUT2D eigenvalue weighted by Crippen LogP contribution is -2.18. The number of nitrogens with zero attached hydrogens (tertiary/aromatic N) is 2. The van der Waals surface area contributed by atoms with Gasteiger partial charge in [0.05, 0.1) is 34.9 Å². The summed E-state index contributed by atoms with van der Waals surface area (Å²) in [6.07, 6.45) is 3.32. The molecule has 9 nitrogen and oxygen atoms in total. The van der Waals surface area contributed by atoms with Crippen molar-refractivity contribution in [3.8, 4) is 26.9 Å². The van der Waals surface area contributed by atoms with Crippen molar-refractivity contribution in [2.45, 2.75) is 24.8 Å². The molecule has 0 aliphatic carbocycles. The fraction of sp³-hybridized carbons (Fsp3) is 0.250. The highest BCUT2D eigenvalue weighted by molar-refractivity contribution is 7.90. The summed E-state index contributed by atoms with van der Waals surface area (Å²) in [5.74, 6) is 0.392. The second-order valence-electron chi connectivity index (χ2n) is 6.91. The molecule has 1 aromatic carbocycles. The number of nitrogen functional groups attached to an aromatic ring is 1. The van der Waals surface area contributed by atoms with Gasteiger partial charge >= 0.3 is 6.09 Å². The van der Waals surface area contributed by atoms with E-state index in [1.54, 1.807) is 38.2 Å². The molecule has 0 aliphatic heterocycles. The van der Waals surface area contributed by atoms with Crippen molar-refractivity contribution in [3.63, 3.8) is 0 Å². The van der Waals surface area contributed by atoms with Crippen LogP contribution in [-0.4, -0.2) is 43.9 Å². The van der Waals surface area contributed by atoms with E-state index in [0.29, 0.717) is 38.3 Å². The van der Waals surface area contributed by atoms with E-state index in [1.807, 2.05) is 0 Å². The van der Waals surface area contributed by atoms with E-state index in [4.69, 9.17) is 15.2 Å². The summed E-state index contributed by atoms with van der Waals surface area (Å²) in [5.41, 5.74) is 7.50. The number of hydrogen-bond donors (Lipinski definition) is 2. The Balaban J connectivity index is 1.96. The third kappa shape index (κ3) is 5.30. The highest BCUT2D eigenvalue weighted by Crippen LogP contribution is 2.38. The number of nitrogens with two attached hydrogens (primary N) is 1. The van der Waals surface area contributed by atoms with Gasteiger partial charge < -0.3 is 15.2 Å². The first kappa shape index (κ1) is 22.5. The number of pyridine rings is 1. The van der Waals surface area contributed by atoms with Crippen molar-refractivity contribution in [2.24, 2.45) is 0 Å². The van der Waals surface area contributed by atoms with Gasteiger partial charge in [-0.05, 0) is 26.0 Å². The number of ether oxygens (including phenoxy) is 2. The van der Waals surface area contributed by atoms with Crippen molar-refractivity contribution < 1.29 is 22.7 Å². The molecule has 164 valence electrons. The maximum absolute atomic E-state index is 12.2. The molecule has 0 spiro atoms. The monoisotopic (exact) mass is 462 g/mol. The summed E-state index contributed by atoms with van der Waals surface area (Å²) in [6, 6.07) is 6.33. The first-order valence-corrected chi connectivity index (χ1v) is 11.9. The van der Waals surface area contributed by atoms with Gasteiger partial charge in [0.2, 0.25) is 0 Å². The van der Waals surface area contributed by atoms with E-state index < -0.39 is 15.9 Å². The fourth-order valence-corrected chi connectivity index (χ4v) is 4.70. The van der Waals surface area contributed by atoms with E-state index >= 15 is 0 Å². The van der Waals surface area contributed by atoms with Gasteiger partial charge in [-0.3, -0.25) is 5.32 Å². The van der Waals surface area contributed by atoms with Crippen molar-refractivity contribution in [2.75, 3.05) is 24.4 Å². The van der Waals surface area contributed by atoms with Crippen LogP contribution in [0.2, 0.25) is 0 Å². The minimum atomic E-state index is -3.49. The Morgan fingerprint density at radius 3 is 2.58 bits per heavy atom. The molecule has 11 heteroatoms. The molecule has 1 amide bonds. The van der Waals surface area contributed by atoms with Gasteiger partial charge in [0, 0.05) is 29.8 Å². The largest absolute Gasteiger partial charge is 0.494 e. The van der Waals surface area contributed by atoms with Crippen LogP contribution < -0.4 is 15.8 Å². The van der Waals surface area contributed by atoms with Gasteiger partial charge in [0.25, 0.3) is 0 Å². The third-order valence-electron chi connectivity index (χ3n) is 4.04. The second-order valence-corrected chi connectivity index (χ2v) is 9.93. The van der Waals surface area contributed by atoms with Gasteiger partial charge in [0.1, 0.15) is 16.5 Å². The number of nitrogens with one attached hydrogen (secondary N) is 1. The van der Waals surface area contributed by atoms with Crippen molar-refractivity contribution in [1.29, 1.82) is 0 Å². The van der Waals surface area contributed by atoms with Crippen LogP contribution in [0.25, 0.3) is 21.1 Å². The molecule has 0 aliphatic rings. The normalized spacial score (nSPS) is 11.4. The molecule has 3 aromatic rings. The first-order chi connectivity index (χ1) is 14.6. The molecule has 0 unspecified atom stereocenters. The topological polar surface area (TPSA) is 134 Å². The lowest BCUT2D eigenvalue weighted by atomic mass is 10.2. The van der Waals surface area contributed by atoms with Crippen LogP contribution in [-0.2, 0) is 14.6 Å². The van der Waals surface area contributed by atoms with E-state index in [2.05, 4.69) is 15.3 Å². The Hall–Kier alpha value is -3.18. The Labute approximate surface area is 184 Å². The standard InChI is InChI=1S/C20H22N4O5S2/c1-11(2)29-20(25)24-13-8-15(28-3)18(22-9-13)19-23-10-16(30-19)14-6-5-12(21)7-17(14)31(4,26)27/h5-11H,21H2,1-4H3,(H,24,25). The van der Waals surface area contributed by atoms with Gasteiger partial charge in [-0.1, -0.05) is 6.07 Å². The molecule has 0 saturated carbocycles. The number of rotatable bonds is 6. The highest BCUT2D eigenvalue weighted by atomic mass is 32.2. The van der Waals surface area contributed by atoms with Gasteiger partial charge in [0.15, 0.2) is 9.84 Å². The van der Waals surface area contributed by atoms with Crippen LogP contribution in [0.5, 0.6) is 5.75 Å². The quantitative estimate of drug-likeness (QED) is 0.528. The minimum Gasteiger partial charge on any atom is -0.494 e. The minimum absolute atomic E-state index is 0.130. The van der Waals surface area contributed by atoms with E-state index in [-0.39, 0.29) is 11.0 Å². The molecular formula is C20H22N4O5S2. The Morgan fingerprint density at radius 1 is 1.19 bits per heavy atom. The Bertz CT molecular complexity index is 1220. The lowest BCUT2D eigenvalue weighted by Gasteiger charge is -2.11. The van der Waals surface area contributed by atoms with E-state index in [1.165, 1.54) is 30.7 Å². The zero-order valence-electron chi connectivity index (χ0n) is 17.4. The molecule has 0 atom stereocenters. The molecule has 3 rings (SSSR count). The molecule has 3 N–H and O–H groups in total. The summed E-state index contributed by atoms with van der Waals surface area (Å²) in [6.45, 7) is 3.50. The Kier molecular flexibility index (Phi) is 6.46. The number of thiazole rings is 1. The van der Waals surface area contributed by atoms with Gasteiger partial charge in [-0.2, -0.15) is 0 Å². The first-order valence-electron chi connectivity index (χ1n) is 9.16. The maximum Gasteiger partial charge on any atom is 0.411 e. The average Bonchev–Trinajstić information content (AvgIpc) is 3.16. The number of aromatic nitrogens is 2. The summed E-state index contributed by atoms with van der Waals surface area (Å²) < 4.78 is 34.9. The van der Waals surface area contributed by atoms with Crippen molar-refractivity contribution >= 4 is 38.6 Å². The number of hydrogen-bond acceptors (Lipinski definition) is 9. The number of sulfone groups is 1. The zero-order valence-corrected chi connectivity index (χ0v) is 19.0. The molecule has 2 aromatic heterocycles. The van der Waals surface area contributed by atoms with Gasteiger partial charge in [-0.15, -0.1) is 11.3 Å². The summed E-state index contributed by atoms with van der Waals surface area (Å²) >= 11 is 1.26. The summed E-state index contributed by atoms with van der Waals surface area (Å²) in [7, 11) is -2.01. The smallest absolute Gasteiger partial charge is 0.411 e. The van der Waals surface area contributed by atoms with E-state index in [9.17, 15) is 13.2 Å². The van der Waals surface area contributed by atoms with Crippen LogP contribution in [0.3, 0.4) is 0 Å². The van der Waals surface area contributed by atoms with Crippen molar-refractivity contribution in [1.82, 2.24) is 9.97 Å². The van der Waals surface area contributed by atoms with E-state index in [0.717, 1.165) is 6.26 Å². The third-order valence-corrected chi connectivity index (χ3v) is 6.21. The maximum atomic E-state index is 12.2. The average molecular weight is 463 g/mol. The van der Waals surface area contributed by atoms with Crippen LogP contribution in [0, 0.1) is 0 Å². The number of benzene rings is 1. The Morgan fingerprint density at radius 2 is 1.94 bits per heavy atom. The lowest BCUT2D eigenvalue weighted by molar-refractivity contribution is 0.130. The zero-order chi connectivity index (χ0) is 22.8. The second kappa shape index (κ2) is 8.90. The van der Waals surface area contributed by atoms with Crippen LogP contribution >= 0.6 is 11.3 Å². The predicted molar refractivity (Wildman–Crippen MR) is 120 cm³/mol. The van der Waals surface area contributed by atoms with Crippen LogP contribution in [0.15, 0.2) is 41.6 Å². The molecule has 0 bridgehead atoms. The molecular weight excluding hydrogens is 440 g/mol. The summed E-state index contributed by atoms with van der Waals surface area (Å²) in [5, 5.41) is 3.12. The SMILES string of the molecule is COc1cc(NC(=O)OC(C)C)cnc1-c1ncc(-c2ccc(N)cc2S(C)(=O)=O)s1. The van der Waals surface area contributed by atoms with Crippen LogP contribution in [0.1, 0.15) is 13.8 Å². The molecule has 31 heavy (non-hydrogen) atoms. The molecule has 2 heterocycles. The van der Waals surface area contributed by atoms with Crippen LogP contribution in [0.4, 0.5) is 16.2 Å². The number of carbonyl (C=O) groups is 1. The van der Waals surface area contributed by atoms with Crippen molar-refractivity contribution in [3.05, 3.63) is 36.7 Å². The number of methoxy groups -OCH3 is 1. The molecule has 0 radical (unpaired) electrons.